The SMILES string of the molecule is C=CCOC(=O)O[C@@H]1C(N=[N+]=[N-])[C@H](O[Si](C)(C)C(C)(C)C)OC(COCc2ccccc2)[C@H]1O. The van der Waals surface area contributed by atoms with Crippen molar-refractivity contribution in [3.05, 3.63) is 59.0 Å². The van der Waals surface area contributed by atoms with Crippen molar-refractivity contribution in [3.8, 4) is 0 Å². The number of carbonyl (C=O) groups excluding carboxylic acids is 1. The number of nitrogens with zero attached hydrogens (tertiary/aromatic N) is 3. The minimum Gasteiger partial charge on any atom is -0.430 e. The molecule has 1 aromatic rings. The maximum atomic E-state index is 12.2. The molecule has 1 fully saturated rings. The van der Waals surface area contributed by atoms with Crippen molar-refractivity contribution in [2.24, 2.45) is 5.11 Å². The van der Waals surface area contributed by atoms with Gasteiger partial charge in [0.25, 0.3) is 0 Å². The molecule has 34 heavy (non-hydrogen) atoms. The van der Waals surface area contributed by atoms with Crippen LogP contribution in [0, 0.1) is 0 Å². The molecule has 5 atom stereocenters. The lowest BCUT2D eigenvalue weighted by atomic mass is 9.97. The average molecular weight is 494 g/mol. The Kier molecular flexibility index (Phi) is 10.1. The molecule has 188 valence electrons. The number of aliphatic hydroxyl groups is 1. The van der Waals surface area contributed by atoms with Crippen LogP contribution in [0.25, 0.3) is 10.4 Å². The molecule has 0 bridgehead atoms. The van der Waals surface area contributed by atoms with Crippen LogP contribution in [-0.4, -0.2) is 63.4 Å². The lowest BCUT2D eigenvalue weighted by Crippen LogP contribution is -2.62. The number of aliphatic hydroxyl groups excluding tert-OH is 1. The van der Waals surface area contributed by atoms with Gasteiger partial charge in [-0.25, -0.2) is 4.79 Å². The summed E-state index contributed by atoms with van der Waals surface area (Å²) < 4.78 is 28.5. The fraction of sp³-hybridized carbons (Fsp3) is 0.609. The van der Waals surface area contributed by atoms with Gasteiger partial charge in [0.2, 0.25) is 0 Å². The highest BCUT2D eigenvalue weighted by molar-refractivity contribution is 6.74. The van der Waals surface area contributed by atoms with Crippen molar-refractivity contribution >= 4 is 14.5 Å². The maximum absolute atomic E-state index is 12.2. The van der Waals surface area contributed by atoms with Gasteiger partial charge in [-0.15, -0.1) is 0 Å². The summed E-state index contributed by atoms with van der Waals surface area (Å²) in [6.45, 7) is 13.9. The summed E-state index contributed by atoms with van der Waals surface area (Å²) in [5.74, 6) is 0. The number of ether oxygens (including phenoxy) is 4. The van der Waals surface area contributed by atoms with Gasteiger partial charge in [-0.3, -0.25) is 0 Å². The van der Waals surface area contributed by atoms with Gasteiger partial charge in [-0.2, -0.15) is 0 Å². The Balaban J connectivity index is 2.26. The number of hydrogen-bond acceptors (Lipinski definition) is 8. The van der Waals surface area contributed by atoms with Crippen molar-refractivity contribution in [1.82, 2.24) is 0 Å². The van der Waals surface area contributed by atoms with Crippen molar-refractivity contribution < 1.29 is 33.3 Å². The van der Waals surface area contributed by atoms with Crippen LogP contribution in [0.5, 0.6) is 0 Å². The molecule has 0 aromatic heterocycles. The first-order chi connectivity index (χ1) is 16.0. The lowest BCUT2D eigenvalue weighted by molar-refractivity contribution is -0.248. The van der Waals surface area contributed by atoms with Crippen LogP contribution in [0.1, 0.15) is 26.3 Å². The van der Waals surface area contributed by atoms with E-state index >= 15 is 0 Å². The van der Waals surface area contributed by atoms with E-state index < -0.39 is 45.1 Å². The zero-order valence-corrected chi connectivity index (χ0v) is 21.4. The Morgan fingerprint density at radius 2 is 2.00 bits per heavy atom. The van der Waals surface area contributed by atoms with Gasteiger partial charge in [0.1, 0.15) is 31.0 Å². The Labute approximate surface area is 201 Å². The summed E-state index contributed by atoms with van der Waals surface area (Å²) in [5.41, 5.74) is 10.1. The van der Waals surface area contributed by atoms with Crippen LogP contribution in [-0.2, 0) is 30.0 Å². The highest BCUT2D eigenvalue weighted by Crippen LogP contribution is 2.40. The van der Waals surface area contributed by atoms with Gasteiger partial charge in [0.05, 0.1) is 13.2 Å². The van der Waals surface area contributed by atoms with Gasteiger partial charge in [-0.1, -0.05) is 68.9 Å². The molecule has 1 heterocycles. The van der Waals surface area contributed by atoms with E-state index in [2.05, 4.69) is 37.4 Å². The molecule has 1 aliphatic rings. The molecule has 0 spiro atoms. The van der Waals surface area contributed by atoms with Crippen molar-refractivity contribution in [3.63, 3.8) is 0 Å². The molecule has 1 saturated heterocycles. The molecule has 1 aromatic carbocycles. The van der Waals surface area contributed by atoms with E-state index in [1.807, 2.05) is 43.4 Å². The second-order valence-electron chi connectivity index (χ2n) is 9.54. The highest BCUT2D eigenvalue weighted by atomic mass is 28.4. The van der Waals surface area contributed by atoms with Gasteiger partial charge >= 0.3 is 6.16 Å². The largest absolute Gasteiger partial charge is 0.508 e. The number of hydrogen-bond donors (Lipinski definition) is 1. The molecule has 0 aliphatic carbocycles. The highest BCUT2D eigenvalue weighted by Gasteiger charge is 2.51. The fourth-order valence-corrected chi connectivity index (χ4v) is 4.19. The van der Waals surface area contributed by atoms with Crippen molar-refractivity contribution in [2.45, 2.75) is 76.2 Å². The molecule has 2 rings (SSSR count). The molecule has 1 aliphatic heterocycles. The third-order valence-electron chi connectivity index (χ3n) is 5.99. The predicted molar refractivity (Wildman–Crippen MR) is 128 cm³/mol. The average Bonchev–Trinajstić information content (AvgIpc) is 2.77. The van der Waals surface area contributed by atoms with Crippen molar-refractivity contribution in [2.75, 3.05) is 13.2 Å². The summed E-state index contributed by atoms with van der Waals surface area (Å²) in [4.78, 5) is 15.1. The van der Waals surface area contributed by atoms with Crippen LogP contribution in [0.4, 0.5) is 4.79 Å². The second-order valence-corrected chi connectivity index (χ2v) is 14.3. The van der Waals surface area contributed by atoms with E-state index in [1.165, 1.54) is 6.08 Å². The Morgan fingerprint density at radius 3 is 2.59 bits per heavy atom. The summed E-state index contributed by atoms with van der Waals surface area (Å²) in [6.07, 6.45) is -4.21. The molecule has 2 unspecified atom stereocenters. The fourth-order valence-electron chi connectivity index (χ4n) is 3.06. The minimum absolute atomic E-state index is 0.00201. The maximum Gasteiger partial charge on any atom is 0.508 e. The molecule has 0 amide bonds. The summed E-state index contributed by atoms with van der Waals surface area (Å²) >= 11 is 0. The Bertz CT molecular complexity index is 856. The monoisotopic (exact) mass is 493 g/mol. The number of benzene rings is 1. The number of carbonyl (C=O) groups is 1. The normalized spacial score (nSPS) is 25.2. The second kappa shape index (κ2) is 12.3. The van der Waals surface area contributed by atoms with E-state index in [1.54, 1.807) is 0 Å². The molecular weight excluding hydrogens is 458 g/mol. The van der Waals surface area contributed by atoms with Crippen molar-refractivity contribution in [1.29, 1.82) is 0 Å². The van der Waals surface area contributed by atoms with Crippen LogP contribution in [0.2, 0.25) is 18.1 Å². The zero-order chi connectivity index (χ0) is 25.4. The molecular formula is C23H35N3O7Si. The van der Waals surface area contributed by atoms with Gasteiger partial charge < -0.3 is 28.5 Å². The van der Waals surface area contributed by atoms with Crippen LogP contribution < -0.4 is 0 Å². The van der Waals surface area contributed by atoms with E-state index in [0.717, 1.165) is 5.56 Å². The third kappa shape index (κ3) is 7.56. The van der Waals surface area contributed by atoms with Gasteiger partial charge in [0, 0.05) is 4.91 Å². The summed E-state index contributed by atoms with van der Waals surface area (Å²) in [5, 5.41) is 14.6. The van der Waals surface area contributed by atoms with Crippen LogP contribution in [0.15, 0.2) is 48.1 Å². The third-order valence-corrected chi connectivity index (χ3v) is 10.4. The van der Waals surface area contributed by atoms with E-state index in [0.29, 0.717) is 6.61 Å². The number of azide groups is 1. The quantitative estimate of drug-likeness (QED) is 0.125. The van der Waals surface area contributed by atoms with E-state index in [4.69, 9.17) is 23.4 Å². The molecule has 11 heteroatoms. The Hall–Kier alpha value is -2.40. The lowest BCUT2D eigenvalue weighted by Gasteiger charge is -2.46. The molecule has 10 nitrogen and oxygen atoms in total. The molecule has 0 saturated carbocycles. The first-order valence-corrected chi connectivity index (χ1v) is 14.0. The van der Waals surface area contributed by atoms with Crippen LogP contribution >= 0.6 is 0 Å². The van der Waals surface area contributed by atoms with Gasteiger partial charge in [0.15, 0.2) is 14.6 Å². The topological polar surface area (TPSA) is 132 Å². The summed E-state index contributed by atoms with van der Waals surface area (Å²) in [7, 11) is -2.40. The minimum atomic E-state index is -2.40. The van der Waals surface area contributed by atoms with E-state index in [-0.39, 0.29) is 18.3 Å². The standard InChI is InChI=1S/C23H35N3O7Si/c1-7-13-30-22(28)32-20-18(25-26-24)21(33-34(5,6)23(2,3)4)31-17(19(20)27)15-29-14-16-11-9-8-10-12-16/h7-12,17-21,27H,1,13-15H2,2-6H3/t17?,18?,19-,20-,21+/m1/s1. The van der Waals surface area contributed by atoms with Crippen LogP contribution in [0.3, 0.4) is 0 Å². The first-order valence-electron chi connectivity index (χ1n) is 11.1. The first kappa shape index (κ1) is 27.8. The summed E-state index contributed by atoms with van der Waals surface area (Å²) in [6, 6.07) is 8.41. The smallest absolute Gasteiger partial charge is 0.430 e. The number of rotatable bonds is 10. The zero-order valence-electron chi connectivity index (χ0n) is 20.4. The van der Waals surface area contributed by atoms with E-state index in [9.17, 15) is 15.4 Å². The van der Waals surface area contributed by atoms with Gasteiger partial charge in [-0.05, 0) is 29.2 Å². The molecule has 1 N–H and O–H groups in total. The Morgan fingerprint density at radius 1 is 1.32 bits per heavy atom. The molecule has 0 radical (unpaired) electrons. The predicted octanol–water partition coefficient (Wildman–Crippen LogP) is 4.70.